The molecule has 69 valence electrons. The zero-order valence-corrected chi connectivity index (χ0v) is 8.60. The van der Waals surface area contributed by atoms with E-state index in [4.69, 9.17) is 0 Å². The van der Waals surface area contributed by atoms with Crippen LogP contribution in [0.5, 0.6) is 0 Å². The van der Waals surface area contributed by atoms with E-state index in [9.17, 15) is 0 Å². The Labute approximate surface area is 83.4 Å². The quantitative estimate of drug-likeness (QED) is 0.676. The molecule has 1 aliphatic rings. The zero-order valence-electron chi connectivity index (χ0n) is 7.79. The van der Waals surface area contributed by atoms with Gasteiger partial charge in [0, 0.05) is 30.8 Å². The molecule has 0 amide bonds. The first kappa shape index (κ1) is 8.88. The van der Waals surface area contributed by atoms with Crippen molar-refractivity contribution in [1.29, 1.82) is 0 Å². The van der Waals surface area contributed by atoms with E-state index in [0.717, 1.165) is 13.1 Å². The Morgan fingerprint density at radius 1 is 1.46 bits per heavy atom. The summed E-state index contributed by atoms with van der Waals surface area (Å²) >= 11 is 2.02. The lowest BCUT2D eigenvalue weighted by Gasteiger charge is -2.28. The minimum atomic E-state index is 1.13. The molecule has 1 saturated heterocycles. The molecular formula is C10H13N2S. The second-order valence-corrected chi connectivity index (χ2v) is 4.41. The highest BCUT2D eigenvalue weighted by atomic mass is 32.2. The van der Waals surface area contributed by atoms with Gasteiger partial charge in [0.2, 0.25) is 0 Å². The topological polar surface area (TPSA) is 16.1 Å². The van der Waals surface area contributed by atoms with Crippen molar-refractivity contribution >= 4 is 17.4 Å². The number of thioether (sulfide) groups is 1. The van der Waals surface area contributed by atoms with Gasteiger partial charge in [0.05, 0.1) is 5.69 Å². The molecule has 1 aromatic heterocycles. The Hall–Kier alpha value is -0.700. The van der Waals surface area contributed by atoms with Gasteiger partial charge in [-0.25, -0.2) is 0 Å². The van der Waals surface area contributed by atoms with E-state index in [2.05, 4.69) is 23.0 Å². The Kier molecular flexibility index (Phi) is 2.74. The predicted octanol–water partition coefficient (Wildman–Crippen LogP) is 1.74. The maximum absolute atomic E-state index is 4.05. The van der Waals surface area contributed by atoms with Crippen LogP contribution in [0.4, 0.5) is 5.69 Å². The Morgan fingerprint density at radius 2 is 2.23 bits per heavy atom. The summed E-state index contributed by atoms with van der Waals surface area (Å²) in [7, 11) is 0. The summed E-state index contributed by atoms with van der Waals surface area (Å²) in [6, 6.07) is 2.05. The van der Waals surface area contributed by atoms with E-state index in [-0.39, 0.29) is 0 Å². The van der Waals surface area contributed by atoms with Crippen LogP contribution in [0.25, 0.3) is 0 Å². The molecule has 3 heteroatoms. The van der Waals surface area contributed by atoms with Crippen LogP contribution in [-0.2, 0) is 0 Å². The van der Waals surface area contributed by atoms with Gasteiger partial charge in [0.25, 0.3) is 0 Å². The van der Waals surface area contributed by atoms with Crippen molar-refractivity contribution in [3.8, 4) is 0 Å². The molecule has 0 N–H and O–H groups in total. The summed E-state index contributed by atoms with van der Waals surface area (Å²) < 4.78 is 0. The van der Waals surface area contributed by atoms with Gasteiger partial charge in [-0.1, -0.05) is 0 Å². The van der Waals surface area contributed by atoms with Crippen LogP contribution in [0.2, 0.25) is 0 Å². The molecule has 1 aromatic rings. The third-order valence-corrected chi connectivity index (χ3v) is 3.21. The van der Waals surface area contributed by atoms with E-state index < -0.39 is 0 Å². The third-order valence-electron chi connectivity index (χ3n) is 2.27. The number of rotatable bonds is 1. The van der Waals surface area contributed by atoms with Gasteiger partial charge in [-0.05, 0) is 18.6 Å². The molecule has 1 radical (unpaired) electrons. The summed E-state index contributed by atoms with van der Waals surface area (Å²) in [5.41, 5.74) is 2.46. The van der Waals surface area contributed by atoms with Crippen molar-refractivity contribution in [1.82, 2.24) is 4.98 Å². The Morgan fingerprint density at radius 3 is 2.92 bits per heavy atom. The normalized spacial score (nSPS) is 17.5. The lowest BCUT2D eigenvalue weighted by Crippen LogP contribution is -2.33. The van der Waals surface area contributed by atoms with Crippen LogP contribution >= 0.6 is 11.8 Å². The van der Waals surface area contributed by atoms with Gasteiger partial charge in [0.1, 0.15) is 6.20 Å². The molecule has 1 aliphatic heterocycles. The van der Waals surface area contributed by atoms with Crippen molar-refractivity contribution < 1.29 is 0 Å². The molecule has 0 saturated carbocycles. The average Bonchev–Trinajstić information content (AvgIpc) is 2.20. The second-order valence-electron chi connectivity index (χ2n) is 3.19. The number of pyridine rings is 1. The molecule has 0 aliphatic carbocycles. The second kappa shape index (κ2) is 4.01. The number of aromatic nitrogens is 1. The van der Waals surface area contributed by atoms with E-state index >= 15 is 0 Å². The molecule has 1 fully saturated rings. The monoisotopic (exact) mass is 193 g/mol. The molecule has 2 heterocycles. The number of hydrogen-bond acceptors (Lipinski definition) is 3. The standard InChI is InChI=1S/C10H13N2S/c1-9-2-3-11-8-10(9)12-4-6-13-7-5-12/h2-3H,4-7H2,1H3. The van der Waals surface area contributed by atoms with Crippen molar-refractivity contribution in [2.24, 2.45) is 0 Å². The number of nitrogens with zero attached hydrogens (tertiary/aromatic N) is 2. The molecule has 0 bridgehead atoms. The number of hydrogen-bond donors (Lipinski definition) is 0. The lowest BCUT2D eigenvalue weighted by atomic mass is 10.2. The van der Waals surface area contributed by atoms with Crippen LogP contribution in [-0.4, -0.2) is 29.6 Å². The third kappa shape index (κ3) is 1.97. The maximum atomic E-state index is 4.05. The number of anilines is 1. The van der Waals surface area contributed by atoms with Crippen molar-refractivity contribution in [2.75, 3.05) is 29.5 Å². The number of aryl methyl sites for hydroxylation is 1. The fourth-order valence-electron chi connectivity index (χ4n) is 1.52. The van der Waals surface area contributed by atoms with E-state index in [1.807, 2.05) is 17.8 Å². The predicted molar refractivity (Wildman–Crippen MR) is 57.3 cm³/mol. The van der Waals surface area contributed by atoms with E-state index in [1.54, 1.807) is 6.20 Å². The van der Waals surface area contributed by atoms with Crippen LogP contribution in [0.1, 0.15) is 5.56 Å². The smallest absolute Gasteiger partial charge is 0.114 e. The molecular weight excluding hydrogens is 180 g/mol. The van der Waals surface area contributed by atoms with Gasteiger partial charge in [-0.2, -0.15) is 11.8 Å². The van der Waals surface area contributed by atoms with Crippen molar-refractivity contribution in [3.05, 3.63) is 24.0 Å². The van der Waals surface area contributed by atoms with E-state index in [1.165, 1.54) is 22.8 Å². The van der Waals surface area contributed by atoms with Crippen molar-refractivity contribution in [2.45, 2.75) is 6.92 Å². The van der Waals surface area contributed by atoms with Crippen LogP contribution in [0, 0.1) is 13.1 Å². The molecule has 0 atom stereocenters. The first-order chi connectivity index (χ1) is 6.38. The highest BCUT2D eigenvalue weighted by Crippen LogP contribution is 2.20. The molecule has 0 spiro atoms. The summed E-state index contributed by atoms with van der Waals surface area (Å²) in [5, 5.41) is 0. The SMILES string of the molecule is Cc1ccn[c]c1N1CCSCC1. The van der Waals surface area contributed by atoms with Gasteiger partial charge in [-0.3, -0.25) is 4.98 Å². The lowest BCUT2D eigenvalue weighted by molar-refractivity contribution is 0.849. The zero-order chi connectivity index (χ0) is 9.10. The maximum Gasteiger partial charge on any atom is 0.114 e. The van der Waals surface area contributed by atoms with Gasteiger partial charge in [0.15, 0.2) is 0 Å². The highest BCUT2D eigenvalue weighted by molar-refractivity contribution is 7.99. The summed E-state index contributed by atoms with van der Waals surface area (Å²) in [4.78, 5) is 6.42. The summed E-state index contributed by atoms with van der Waals surface area (Å²) in [6.07, 6.45) is 4.88. The molecule has 2 rings (SSSR count). The molecule has 0 unspecified atom stereocenters. The van der Waals surface area contributed by atoms with Crippen molar-refractivity contribution in [3.63, 3.8) is 0 Å². The van der Waals surface area contributed by atoms with Gasteiger partial charge >= 0.3 is 0 Å². The average molecular weight is 193 g/mol. The fourth-order valence-corrected chi connectivity index (χ4v) is 2.42. The highest BCUT2D eigenvalue weighted by Gasteiger charge is 2.12. The Bertz CT molecular complexity index is 282. The van der Waals surface area contributed by atoms with Gasteiger partial charge < -0.3 is 4.90 Å². The fraction of sp³-hybridized carbons (Fsp3) is 0.500. The summed E-state index contributed by atoms with van der Waals surface area (Å²) in [6.45, 7) is 4.39. The first-order valence-electron chi connectivity index (χ1n) is 4.54. The van der Waals surface area contributed by atoms with Crippen LogP contribution in [0.3, 0.4) is 0 Å². The largest absolute Gasteiger partial charge is 0.368 e. The molecule has 0 aromatic carbocycles. The van der Waals surface area contributed by atoms with Crippen LogP contribution < -0.4 is 4.90 Å². The van der Waals surface area contributed by atoms with Gasteiger partial charge in [-0.15, -0.1) is 0 Å². The Balaban J connectivity index is 2.18. The van der Waals surface area contributed by atoms with Crippen LogP contribution in [0.15, 0.2) is 12.3 Å². The molecule has 2 nitrogen and oxygen atoms in total. The summed E-state index contributed by atoms with van der Waals surface area (Å²) in [5.74, 6) is 2.45. The van der Waals surface area contributed by atoms with E-state index in [0.29, 0.717) is 0 Å². The minimum Gasteiger partial charge on any atom is -0.368 e. The molecule has 13 heavy (non-hydrogen) atoms. The minimum absolute atomic E-state index is 1.13. The first-order valence-corrected chi connectivity index (χ1v) is 5.69.